The first-order chi connectivity index (χ1) is 16.4. The summed E-state index contributed by atoms with van der Waals surface area (Å²) in [7, 11) is 0. The number of hydrogen-bond donors (Lipinski definition) is 2. The molecular formula is C26H39N3O6. The molecule has 1 fully saturated rings. The second-order valence-corrected chi connectivity index (χ2v) is 10.0. The molecule has 1 aliphatic rings. The Hall–Kier alpha value is -3.10. The van der Waals surface area contributed by atoms with E-state index in [4.69, 9.17) is 9.47 Å². The van der Waals surface area contributed by atoms with Gasteiger partial charge >= 0.3 is 12.1 Å². The second kappa shape index (κ2) is 12.6. The van der Waals surface area contributed by atoms with Crippen molar-refractivity contribution in [1.29, 1.82) is 0 Å². The number of esters is 1. The van der Waals surface area contributed by atoms with Crippen LogP contribution in [0.5, 0.6) is 0 Å². The SMILES string of the molecule is CCOC(=O)CCNC(=O)C(c1ccccc1)N(C(=O)C(NC(=O)OC(C)(C)C)C(C)C)C1CC1. The molecule has 0 aliphatic heterocycles. The van der Waals surface area contributed by atoms with Gasteiger partial charge in [-0.25, -0.2) is 4.79 Å². The molecule has 2 atom stereocenters. The maximum Gasteiger partial charge on any atom is 0.408 e. The zero-order chi connectivity index (χ0) is 26.2. The van der Waals surface area contributed by atoms with Crippen LogP contribution in [0, 0.1) is 5.92 Å². The number of amides is 3. The monoisotopic (exact) mass is 489 g/mol. The number of ether oxygens (including phenoxy) is 2. The van der Waals surface area contributed by atoms with Gasteiger partial charge in [-0.2, -0.15) is 0 Å². The van der Waals surface area contributed by atoms with Crippen molar-refractivity contribution in [1.82, 2.24) is 15.5 Å². The van der Waals surface area contributed by atoms with Crippen molar-refractivity contribution in [3.05, 3.63) is 35.9 Å². The van der Waals surface area contributed by atoms with Gasteiger partial charge in [-0.3, -0.25) is 14.4 Å². The highest BCUT2D eigenvalue weighted by Gasteiger charge is 2.44. The predicted molar refractivity (Wildman–Crippen MR) is 131 cm³/mol. The first-order valence-corrected chi connectivity index (χ1v) is 12.2. The first kappa shape index (κ1) is 28.1. The Morgan fingerprint density at radius 2 is 1.71 bits per heavy atom. The molecule has 2 rings (SSSR count). The third-order valence-corrected chi connectivity index (χ3v) is 5.38. The van der Waals surface area contributed by atoms with Gasteiger partial charge in [0, 0.05) is 12.6 Å². The van der Waals surface area contributed by atoms with Gasteiger partial charge in [0.25, 0.3) is 0 Å². The molecule has 0 spiro atoms. The maximum absolute atomic E-state index is 13.9. The Morgan fingerprint density at radius 1 is 1.09 bits per heavy atom. The number of benzene rings is 1. The van der Waals surface area contributed by atoms with Gasteiger partial charge in [-0.15, -0.1) is 0 Å². The molecule has 2 unspecified atom stereocenters. The smallest absolute Gasteiger partial charge is 0.408 e. The number of rotatable bonds is 11. The van der Waals surface area contributed by atoms with E-state index in [0.29, 0.717) is 5.56 Å². The van der Waals surface area contributed by atoms with Crippen molar-refractivity contribution in [2.45, 2.75) is 84.5 Å². The average molecular weight is 490 g/mol. The molecule has 194 valence electrons. The summed E-state index contributed by atoms with van der Waals surface area (Å²) >= 11 is 0. The molecule has 1 aromatic carbocycles. The summed E-state index contributed by atoms with van der Waals surface area (Å²) in [5, 5.41) is 5.49. The van der Waals surface area contributed by atoms with Crippen LogP contribution in [0.3, 0.4) is 0 Å². The lowest BCUT2D eigenvalue weighted by Gasteiger charge is -2.35. The number of hydrogen-bond acceptors (Lipinski definition) is 6. The van der Waals surface area contributed by atoms with E-state index >= 15 is 0 Å². The average Bonchev–Trinajstić information content (AvgIpc) is 3.59. The lowest BCUT2D eigenvalue weighted by atomic mass is 9.98. The van der Waals surface area contributed by atoms with E-state index in [1.807, 2.05) is 32.0 Å². The van der Waals surface area contributed by atoms with E-state index in [1.54, 1.807) is 44.7 Å². The Balaban J connectivity index is 2.30. The second-order valence-electron chi connectivity index (χ2n) is 10.0. The van der Waals surface area contributed by atoms with Gasteiger partial charge in [0.05, 0.1) is 13.0 Å². The molecule has 1 saturated carbocycles. The first-order valence-electron chi connectivity index (χ1n) is 12.2. The predicted octanol–water partition coefficient (Wildman–Crippen LogP) is 3.34. The minimum Gasteiger partial charge on any atom is -0.466 e. The molecular weight excluding hydrogens is 450 g/mol. The molecule has 0 radical (unpaired) electrons. The van der Waals surface area contributed by atoms with Crippen molar-refractivity contribution < 1.29 is 28.7 Å². The van der Waals surface area contributed by atoms with Crippen molar-refractivity contribution in [2.24, 2.45) is 5.92 Å². The molecule has 0 saturated heterocycles. The lowest BCUT2D eigenvalue weighted by molar-refractivity contribution is -0.145. The fraction of sp³-hybridized carbons (Fsp3) is 0.615. The number of nitrogens with zero attached hydrogens (tertiary/aromatic N) is 1. The topological polar surface area (TPSA) is 114 Å². The largest absolute Gasteiger partial charge is 0.466 e. The van der Waals surface area contributed by atoms with Gasteiger partial charge in [-0.05, 0) is 52.0 Å². The van der Waals surface area contributed by atoms with Gasteiger partial charge in [0.2, 0.25) is 11.8 Å². The molecule has 1 aliphatic carbocycles. The van der Waals surface area contributed by atoms with E-state index in [2.05, 4.69) is 10.6 Å². The molecule has 1 aromatic rings. The molecule has 0 bridgehead atoms. The van der Waals surface area contributed by atoms with Crippen LogP contribution in [0.2, 0.25) is 0 Å². The molecule has 2 N–H and O–H groups in total. The number of nitrogens with one attached hydrogen (secondary N) is 2. The van der Waals surface area contributed by atoms with Crippen LogP contribution in [0.1, 0.15) is 72.4 Å². The van der Waals surface area contributed by atoms with Crippen molar-refractivity contribution in [3.63, 3.8) is 0 Å². The normalized spacial score (nSPS) is 15.1. The molecule has 9 heteroatoms. The highest BCUT2D eigenvalue weighted by molar-refractivity contribution is 5.92. The van der Waals surface area contributed by atoms with Crippen LogP contribution >= 0.6 is 0 Å². The highest BCUT2D eigenvalue weighted by Crippen LogP contribution is 2.36. The highest BCUT2D eigenvalue weighted by atomic mass is 16.6. The van der Waals surface area contributed by atoms with Crippen LogP contribution in [0.4, 0.5) is 4.79 Å². The fourth-order valence-corrected chi connectivity index (χ4v) is 3.67. The molecule has 9 nitrogen and oxygen atoms in total. The summed E-state index contributed by atoms with van der Waals surface area (Å²) in [6, 6.07) is 7.15. The molecule has 0 aromatic heterocycles. The van der Waals surface area contributed by atoms with Gasteiger partial charge < -0.3 is 25.0 Å². The minimum atomic E-state index is -0.903. The van der Waals surface area contributed by atoms with Crippen LogP contribution in [0.25, 0.3) is 0 Å². The zero-order valence-corrected chi connectivity index (χ0v) is 21.6. The quantitative estimate of drug-likeness (QED) is 0.461. The third kappa shape index (κ3) is 8.88. The van der Waals surface area contributed by atoms with Crippen LogP contribution in [0.15, 0.2) is 30.3 Å². The number of alkyl carbamates (subject to hydrolysis) is 1. The fourth-order valence-electron chi connectivity index (χ4n) is 3.67. The van der Waals surface area contributed by atoms with Crippen LogP contribution in [-0.2, 0) is 23.9 Å². The molecule has 0 heterocycles. The number of carbonyl (C=O) groups is 4. The summed E-state index contributed by atoms with van der Waals surface area (Å²) in [4.78, 5) is 53.0. The summed E-state index contributed by atoms with van der Waals surface area (Å²) in [5.41, 5.74) is -0.0582. The van der Waals surface area contributed by atoms with Crippen molar-refractivity contribution >= 4 is 23.9 Å². The summed E-state index contributed by atoms with van der Waals surface area (Å²) in [6.07, 6.45) is 0.883. The van der Waals surface area contributed by atoms with Crippen LogP contribution in [-0.4, -0.2) is 59.6 Å². The Kier molecular flexibility index (Phi) is 10.1. The van der Waals surface area contributed by atoms with E-state index in [-0.39, 0.29) is 43.3 Å². The third-order valence-electron chi connectivity index (χ3n) is 5.38. The van der Waals surface area contributed by atoms with E-state index in [9.17, 15) is 19.2 Å². The van der Waals surface area contributed by atoms with E-state index < -0.39 is 29.7 Å². The van der Waals surface area contributed by atoms with Crippen molar-refractivity contribution in [3.8, 4) is 0 Å². The van der Waals surface area contributed by atoms with Gasteiger partial charge in [0.15, 0.2) is 0 Å². The summed E-state index contributed by atoms with van der Waals surface area (Å²) < 4.78 is 10.3. The lowest BCUT2D eigenvalue weighted by Crippen LogP contribution is -2.55. The van der Waals surface area contributed by atoms with Crippen molar-refractivity contribution in [2.75, 3.05) is 13.2 Å². The van der Waals surface area contributed by atoms with Crippen LogP contribution < -0.4 is 10.6 Å². The summed E-state index contributed by atoms with van der Waals surface area (Å²) in [5.74, 6) is -1.37. The Bertz CT molecular complexity index is 877. The standard InChI is InChI=1S/C26H39N3O6/c1-7-34-20(30)15-16-27-23(31)22(18-11-9-8-10-12-18)29(19-13-14-19)24(32)21(17(2)3)28-25(33)35-26(4,5)6/h8-12,17,19,21-22H,7,13-16H2,1-6H3,(H,27,31)(H,28,33). The Labute approximate surface area is 207 Å². The van der Waals surface area contributed by atoms with Gasteiger partial charge in [0.1, 0.15) is 17.7 Å². The summed E-state index contributed by atoms with van der Waals surface area (Å²) in [6.45, 7) is 11.0. The van der Waals surface area contributed by atoms with E-state index in [1.165, 1.54) is 0 Å². The van der Waals surface area contributed by atoms with E-state index in [0.717, 1.165) is 12.8 Å². The molecule has 3 amide bonds. The van der Waals surface area contributed by atoms with Gasteiger partial charge in [-0.1, -0.05) is 44.2 Å². The minimum absolute atomic E-state index is 0.0350. The molecule has 35 heavy (non-hydrogen) atoms. The zero-order valence-electron chi connectivity index (χ0n) is 21.6. The Morgan fingerprint density at radius 3 is 2.23 bits per heavy atom. The number of carbonyl (C=O) groups excluding carboxylic acids is 4. The maximum atomic E-state index is 13.9.